The smallest absolute Gasteiger partial charge is 0.328 e. The monoisotopic (exact) mass is 394 g/mol. The number of carbonyl (C=O) groups excluding carboxylic acids is 1. The Hall–Kier alpha value is -4.13. The van der Waals surface area contributed by atoms with Gasteiger partial charge in [0, 0.05) is 5.56 Å². The Bertz CT molecular complexity index is 1170. The molecule has 0 saturated carbocycles. The molecule has 7 nitrogen and oxygen atoms in total. The van der Waals surface area contributed by atoms with Crippen LogP contribution in [-0.4, -0.2) is 32.4 Å². The van der Waals surface area contributed by atoms with E-state index in [0.29, 0.717) is 5.82 Å². The normalized spacial score (nSPS) is 18.5. The molecule has 1 aromatic heterocycles. The molecule has 3 aromatic carbocycles. The molecule has 5 rings (SSSR count). The minimum absolute atomic E-state index is 0.123. The van der Waals surface area contributed by atoms with Gasteiger partial charge in [-0.25, -0.2) is 4.79 Å². The van der Waals surface area contributed by atoms with E-state index in [1.807, 2.05) is 72.8 Å². The molecular formula is C23H18N6O. The highest BCUT2D eigenvalue weighted by atomic mass is 16.2. The van der Waals surface area contributed by atoms with Gasteiger partial charge in [-0.3, -0.25) is 0 Å². The minimum atomic E-state index is -0.340. The molecule has 2 atom stereocenters. The van der Waals surface area contributed by atoms with Gasteiger partial charge < -0.3 is 5.32 Å². The fraction of sp³-hybridized carbons (Fsp3) is 0.0870. The average molecular weight is 394 g/mol. The van der Waals surface area contributed by atoms with Crippen molar-refractivity contribution < 1.29 is 4.79 Å². The summed E-state index contributed by atoms with van der Waals surface area (Å²) >= 11 is 0. The van der Waals surface area contributed by atoms with Crippen LogP contribution in [0.1, 0.15) is 28.7 Å². The molecule has 0 spiro atoms. The number of aromatic amines is 1. The number of nitrogens with one attached hydrogen (secondary N) is 2. The summed E-state index contributed by atoms with van der Waals surface area (Å²) in [5.74, 6) is 0.405. The zero-order valence-corrected chi connectivity index (χ0v) is 15.9. The number of hydrogen-bond donors (Lipinski definition) is 2. The van der Waals surface area contributed by atoms with Crippen molar-refractivity contribution in [3.63, 3.8) is 0 Å². The summed E-state index contributed by atoms with van der Waals surface area (Å²) in [5, 5.41) is 17.2. The van der Waals surface area contributed by atoms with Crippen LogP contribution in [0, 0.1) is 0 Å². The van der Waals surface area contributed by atoms with Crippen LogP contribution in [0.5, 0.6) is 0 Å². The summed E-state index contributed by atoms with van der Waals surface area (Å²) in [5.41, 5.74) is 4.62. The molecule has 0 radical (unpaired) electrons. The molecule has 2 N–H and O–H groups in total. The Morgan fingerprint density at radius 3 is 2.10 bits per heavy atom. The number of aromatic nitrogens is 4. The maximum absolute atomic E-state index is 12.5. The van der Waals surface area contributed by atoms with Gasteiger partial charge in [0.05, 0.1) is 17.7 Å². The van der Waals surface area contributed by atoms with Crippen LogP contribution < -0.4 is 5.32 Å². The molecule has 1 aliphatic heterocycles. The van der Waals surface area contributed by atoms with Crippen molar-refractivity contribution in [3.05, 3.63) is 102 Å². The first-order valence-corrected chi connectivity index (χ1v) is 9.63. The molecule has 4 aromatic rings. The van der Waals surface area contributed by atoms with Gasteiger partial charge in [-0.1, -0.05) is 84.9 Å². The predicted molar refractivity (Wildman–Crippen MR) is 113 cm³/mol. The van der Waals surface area contributed by atoms with Crippen molar-refractivity contribution in [1.29, 1.82) is 0 Å². The van der Waals surface area contributed by atoms with Gasteiger partial charge in [0.2, 0.25) is 5.82 Å². The second-order valence-corrected chi connectivity index (χ2v) is 7.04. The Labute approximate surface area is 172 Å². The second-order valence-electron chi connectivity index (χ2n) is 7.04. The number of urea groups is 1. The highest BCUT2D eigenvalue weighted by Crippen LogP contribution is 2.37. The standard InChI is InChI=1S/C23H18N6O/c30-23-24-20(16-9-5-2-6-10-16)19(15-7-3-1-4-8-15)21(25-23)17-11-13-18(14-12-17)22-26-28-29-27-22/h1-14,19,21H,(H,25,30)(H,26,27,28,29). The molecule has 2 heterocycles. The van der Waals surface area contributed by atoms with Gasteiger partial charge in [-0.2, -0.15) is 10.2 Å². The van der Waals surface area contributed by atoms with E-state index in [1.165, 1.54) is 0 Å². The van der Waals surface area contributed by atoms with Gasteiger partial charge in [0.1, 0.15) is 0 Å². The van der Waals surface area contributed by atoms with Crippen LogP contribution in [0.3, 0.4) is 0 Å². The molecule has 1 aliphatic rings. The molecule has 30 heavy (non-hydrogen) atoms. The lowest BCUT2D eigenvalue weighted by atomic mass is 9.80. The Kier molecular flexibility index (Phi) is 4.61. The molecule has 0 aliphatic carbocycles. The van der Waals surface area contributed by atoms with Gasteiger partial charge >= 0.3 is 6.03 Å². The zero-order chi connectivity index (χ0) is 20.3. The summed E-state index contributed by atoms with van der Waals surface area (Å²) in [6.07, 6.45) is 0. The SMILES string of the molecule is O=C1N=C(c2ccccc2)C(c2ccccc2)C(c2ccc(-c3nn[nH]n3)cc2)N1. The Morgan fingerprint density at radius 2 is 1.43 bits per heavy atom. The maximum Gasteiger partial charge on any atom is 0.341 e. The van der Waals surface area contributed by atoms with E-state index in [9.17, 15) is 4.79 Å². The first-order valence-electron chi connectivity index (χ1n) is 9.63. The first kappa shape index (κ1) is 17.9. The fourth-order valence-electron chi connectivity index (χ4n) is 3.85. The number of aliphatic imine (C=N–C) groups is 1. The lowest BCUT2D eigenvalue weighted by Crippen LogP contribution is -2.40. The molecule has 7 heteroatoms. The summed E-state index contributed by atoms with van der Waals surface area (Å²) in [6.45, 7) is 0. The van der Waals surface area contributed by atoms with Gasteiger partial charge in [-0.05, 0) is 21.9 Å². The topological polar surface area (TPSA) is 95.9 Å². The number of carbonyl (C=O) groups is 1. The highest BCUT2D eigenvalue weighted by molar-refractivity contribution is 6.12. The van der Waals surface area contributed by atoms with Crippen molar-refractivity contribution in [2.75, 3.05) is 0 Å². The number of rotatable bonds is 4. The summed E-state index contributed by atoms with van der Waals surface area (Å²) in [6, 6.07) is 27.2. The van der Waals surface area contributed by atoms with Crippen molar-refractivity contribution in [3.8, 4) is 11.4 Å². The molecular weight excluding hydrogens is 376 g/mol. The number of hydrogen-bond acceptors (Lipinski definition) is 4. The molecule has 0 saturated heterocycles. The third kappa shape index (κ3) is 3.37. The maximum atomic E-state index is 12.5. The Balaban J connectivity index is 1.59. The van der Waals surface area contributed by atoms with Crippen molar-refractivity contribution in [1.82, 2.24) is 25.9 Å². The number of tetrazole rings is 1. The number of benzene rings is 3. The van der Waals surface area contributed by atoms with Crippen LogP contribution in [0.15, 0.2) is 89.9 Å². The van der Waals surface area contributed by atoms with E-state index in [0.717, 1.165) is 28.0 Å². The Morgan fingerprint density at radius 1 is 0.733 bits per heavy atom. The highest BCUT2D eigenvalue weighted by Gasteiger charge is 2.35. The van der Waals surface area contributed by atoms with Crippen LogP contribution in [0.25, 0.3) is 11.4 Å². The third-order valence-corrected chi connectivity index (χ3v) is 5.23. The van der Waals surface area contributed by atoms with Crippen LogP contribution in [0.4, 0.5) is 4.79 Å². The molecule has 2 unspecified atom stereocenters. The fourth-order valence-corrected chi connectivity index (χ4v) is 3.85. The number of nitrogens with zero attached hydrogens (tertiary/aromatic N) is 4. The van der Waals surface area contributed by atoms with E-state index < -0.39 is 0 Å². The quantitative estimate of drug-likeness (QED) is 0.549. The molecule has 146 valence electrons. The summed E-state index contributed by atoms with van der Waals surface area (Å²) in [4.78, 5) is 16.9. The summed E-state index contributed by atoms with van der Waals surface area (Å²) < 4.78 is 0. The van der Waals surface area contributed by atoms with Crippen LogP contribution >= 0.6 is 0 Å². The van der Waals surface area contributed by atoms with Crippen LogP contribution in [0.2, 0.25) is 0 Å². The van der Waals surface area contributed by atoms with Crippen molar-refractivity contribution >= 4 is 11.7 Å². The van der Waals surface area contributed by atoms with Gasteiger partial charge in [-0.15, -0.1) is 10.2 Å². The number of H-pyrrole nitrogens is 1. The van der Waals surface area contributed by atoms with Crippen molar-refractivity contribution in [2.45, 2.75) is 12.0 Å². The van der Waals surface area contributed by atoms with Crippen LogP contribution in [-0.2, 0) is 0 Å². The van der Waals surface area contributed by atoms with Crippen molar-refractivity contribution in [2.24, 2.45) is 4.99 Å². The van der Waals surface area contributed by atoms with E-state index in [-0.39, 0.29) is 18.0 Å². The van der Waals surface area contributed by atoms with Gasteiger partial charge in [0.15, 0.2) is 0 Å². The van der Waals surface area contributed by atoms with E-state index in [2.05, 4.69) is 43.1 Å². The second kappa shape index (κ2) is 7.71. The van der Waals surface area contributed by atoms with Gasteiger partial charge in [0.25, 0.3) is 0 Å². The lowest BCUT2D eigenvalue weighted by Gasteiger charge is -2.33. The molecule has 0 bridgehead atoms. The molecule has 0 fully saturated rings. The largest absolute Gasteiger partial charge is 0.341 e. The summed E-state index contributed by atoms with van der Waals surface area (Å²) in [7, 11) is 0. The molecule has 2 amide bonds. The van der Waals surface area contributed by atoms with E-state index in [4.69, 9.17) is 0 Å². The number of amides is 2. The van der Waals surface area contributed by atoms with E-state index in [1.54, 1.807) is 0 Å². The zero-order valence-electron chi connectivity index (χ0n) is 15.9. The predicted octanol–water partition coefficient (Wildman–Crippen LogP) is 3.90. The first-order chi connectivity index (χ1) is 14.8. The lowest BCUT2D eigenvalue weighted by molar-refractivity contribution is 0.243. The third-order valence-electron chi connectivity index (χ3n) is 5.23. The van der Waals surface area contributed by atoms with E-state index >= 15 is 0 Å². The minimum Gasteiger partial charge on any atom is -0.328 e. The average Bonchev–Trinajstić information content (AvgIpc) is 3.35.